The highest BCUT2D eigenvalue weighted by Gasteiger charge is 2.21. The second kappa shape index (κ2) is 6.14. The van der Waals surface area contributed by atoms with Crippen LogP contribution in [0.4, 0.5) is 0 Å². The van der Waals surface area contributed by atoms with Crippen LogP contribution in [0, 0.1) is 6.92 Å². The van der Waals surface area contributed by atoms with Gasteiger partial charge in [0.2, 0.25) is 0 Å². The van der Waals surface area contributed by atoms with Gasteiger partial charge in [-0.25, -0.2) is 0 Å². The third kappa shape index (κ3) is 3.84. The Morgan fingerprint density at radius 3 is 2.27 bits per heavy atom. The van der Waals surface area contributed by atoms with Crippen LogP contribution in [0.5, 0.6) is 0 Å². The van der Waals surface area contributed by atoms with Crippen LogP contribution < -0.4 is 0 Å². The minimum atomic E-state index is -0.213. The third-order valence-electron chi connectivity index (χ3n) is 2.32. The molecule has 0 radical (unpaired) electrons. The molecule has 0 aliphatic rings. The van der Waals surface area contributed by atoms with Gasteiger partial charge in [-0.2, -0.15) is 0 Å². The van der Waals surface area contributed by atoms with E-state index < -0.39 is 0 Å². The molecule has 0 aliphatic heterocycles. The summed E-state index contributed by atoms with van der Waals surface area (Å²) in [5, 5.41) is 9.94. The van der Waals surface area contributed by atoms with Gasteiger partial charge in [0, 0.05) is 10.4 Å². The Bertz CT molecular complexity index is 305. The summed E-state index contributed by atoms with van der Waals surface area (Å²) >= 11 is 5.90. The van der Waals surface area contributed by atoms with Crippen LogP contribution in [0.1, 0.15) is 38.8 Å². The van der Waals surface area contributed by atoms with Crippen LogP contribution >= 0.6 is 11.6 Å². The van der Waals surface area contributed by atoms with Gasteiger partial charge in [0.25, 0.3) is 0 Å². The van der Waals surface area contributed by atoms with Crippen molar-refractivity contribution in [3.8, 4) is 0 Å². The van der Waals surface area contributed by atoms with Crippen LogP contribution in [0.25, 0.3) is 0 Å². The van der Waals surface area contributed by atoms with Crippen LogP contribution in [-0.2, 0) is 5.41 Å². The number of aliphatic hydroxyl groups excluding tert-OH is 1. The van der Waals surface area contributed by atoms with Crippen LogP contribution in [0.3, 0.4) is 0 Å². The van der Waals surface area contributed by atoms with E-state index in [1.165, 1.54) is 5.56 Å². The Kier molecular flexibility index (Phi) is 5.92. The lowest BCUT2D eigenvalue weighted by Gasteiger charge is -2.24. The van der Waals surface area contributed by atoms with Crippen molar-refractivity contribution in [2.24, 2.45) is 0 Å². The van der Waals surface area contributed by atoms with Gasteiger partial charge in [-0.05, 0) is 30.2 Å². The summed E-state index contributed by atoms with van der Waals surface area (Å²) in [7, 11) is 0. The number of rotatable bonds is 2. The lowest BCUT2D eigenvalue weighted by molar-refractivity contribution is 0.218. The zero-order valence-corrected chi connectivity index (χ0v) is 11.0. The minimum Gasteiger partial charge on any atom is -0.395 e. The summed E-state index contributed by atoms with van der Waals surface area (Å²) < 4.78 is 0. The third-order valence-corrected chi connectivity index (χ3v) is 2.56. The topological polar surface area (TPSA) is 20.2 Å². The molecule has 1 rings (SSSR count). The molecule has 0 aromatic heterocycles. The minimum absolute atomic E-state index is 0.133. The Morgan fingerprint density at radius 1 is 1.27 bits per heavy atom. The van der Waals surface area contributed by atoms with Gasteiger partial charge < -0.3 is 5.11 Å². The van der Waals surface area contributed by atoms with E-state index in [0.29, 0.717) is 0 Å². The number of halogens is 1. The molecule has 0 heterocycles. The zero-order valence-electron chi connectivity index (χ0n) is 10.3. The van der Waals surface area contributed by atoms with Crippen molar-refractivity contribution in [3.63, 3.8) is 0 Å². The largest absolute Gasteiger partial charge is 0.395 e. The summed E-state index contributed by atoms with van der Waals surface area (Å²) in [6, 6.07) is 5.77. The van der Waals surface area contributed by atoms with Crippen LogP contribution in [-0.4, -0.2) is 11.7 Å². The van der Waals surface area contributed by atoms with Gasteiger partial charge in [0.1, 0.15) is 0 Å². The average Bonchev–Trinajstić information content (AvgIpc) is 2.24. The average molecular weight is 229 g/mol. The van der Waals surface area contributed by atoms with Gasteiger partial charge in [0.15, 0.2) is 0 Å². The molecular weight excluding hydrogens is 208 g/mol. The molecule has 1 aromatic rings. The molecule has 0 amide bonds. The van der Waals surface area contributed by atoms with Crippen molar-refractivity contribution in [1.29, 1.82) is 0 Å². The highest BCUT2D eigenvalue weighted by atomic mass is 35.5. The van der Waals surface area contributed by atoms with Gasteiger partial charge in [-0.3, -0.25) is 0 Å². The predicted molar refractivity (Wildman–Crippen MR) is 67.6 cm³/mol. The molecule has 15 heavy (non-hydrogen) atoms. The lowest BCUT2D eigenvalue weighted by atomic mass is 9.83. The summed E-state index contributed by atoms with van der Waals surface area (Å²) in [6.45, 7) is 10.2. The molecule has 1 aromatic carbocycles. The second-order valence-electron chi connectivity index (χ2n) is 4.00. The number of benzene rings is 1. The summed E-state index contributed by atoms with van der Waals surface area (Å²) in [6.07, 6.45) is 0. The van der Waals surface area contributed by atoms with Crippen molar-refractivity contribution < 1.29 is 5.11 Å². The van der Waals surface area contributed by atoms with E-state index in [2.05, 4.69) is 0 Å². The molecule has 86 valence electrons. The molecule has 0 saturated carbocycles. The Hall–Kier alpha value is -0.530. The predicted octanol–water partition coefficient (Wildman–Crippen LogP) is 3.94. The molecular formula is C13H21ClO. The van der Waals surface area contributed by atoms with Crippen molar-refractivity contribution in [2.45, 2.75) is 40.0 Å². The number of hydrogen-bond acceptors (Lipinski definition) is 1. The van der Waals surface area contributed by atoms with Gasteiger partial charge in [0.05, 0.1) is 6.61 Å². The van der Waals surface area contributed by atoms with Crippen molar-refractivity contribution in [3.05, 3.63) is 34.3 Å². The van der Waals surface area contributed by atoms with E-state index >= 15 is 0 Å². The smallest absolute Gasteiger partial charge is 0.0522 e. The fourth-order valence-electron chi connectivity index (χ4n) is 1.41. The quantitative estimate of drug-likeness (QED) is 0.813. The van der Waals surface area contributed by atoms with Crippen LogP contribution in [0.2, 0.25) is 5.02 Å². The van der Waals surface area contributed by atoms with E-state index in [9.17, 15) is 5.11 Å². The van der Waals surface area contributed by atoms with E-state index in [1.807, 2.05) is 52.8 Å². The van der Waals surface area contributed by atoms with Crippen molar-refractivity contribution in [2.75, 3.05) is 6.61 Å². The molecule has 0 spiro atoms. The first-order chi connectivity index (χ1) is 6.97. The second-order valence-corrected chi connectivity index (χ2v) is 4.44. The molecule has 0 fully saturated rings. The first-order valence-corrected chi connectivity index (χ1v) is 5.72. The maximum Gasteiger partial charge on any atom is 0.0522 e. The zero-order chi connectivity index (χ0) is 12.1. The Balaban J connectivity index is 0.000000921. The van der Waals surface area contributed by atoms with E-state index in [-0.39, 0.29) is 12.0 Å². The summed E-state index contributed by atoms with van der Waals surface area (Å²) in [5.41, 5.74) is 2.07. The van der Waals surface area contributed by atoms with Crippen molar-refractivity contribution in [1.82, 2.24) is 0 Å². The number of hydrogen-bond donors (Lipinski definition) is 1. The normalized spacial score (nSPS) is 10.6. The summed E-state index contributed by atoms with van der Waals surface area (Å²) in [5.74, 6) is 0. The van der Waals surface area contributed by atoms with E-state index in [4.69, 9.17) is 11.6 Å². The number of aliphatic hydroxyl groups is 1. The van der Waals surface area contributed by atoms with Gasteiger partial charge in [-0.1, -0.05) is 45.4 Å². The van der Waals surface area contributed by atoms with E-state index in [0.717, 1.165) is 10.6 Å². The first-order valence-electron chi connectivity index (χ1n) is 5.35. The monoisotopic (exact) mass is 228 g/mol. The molecule has 1 nitrogen and oxygen atoms in total. The first kappa shape index (κ1) is 14.5. The molecule has 0 aliphatic carbocycles. The highest BCUT2D eigenvalue weighted by molar-refractivity contribution is 6.30. The van der Waals surface area contributed by atoms with Gasteiger partial charge >= 0.3 is 0 Å². The molecule has 0 bridgehead atoms. The summed E-state index contributed by atoms with van der Waals surface area (Å²) in [4.78, 5) is 0. The molecule has 0 atom stereocenters. The molecule has 0 saturated heterocycles. The highest BCUT2D eigenvalue weighted by Crippen LogP contribution is 2.28. The fourth-order valence-corrected chi connectivity index (χ4v) is 1.58. The SMILES string of the molecule is CC.Cc1ccc(Cl)cc1C(C)(C)CO. The van der Waals surface area contributed by atoms with E-state index in [1.54, 1.807) is 0 Å². The fraction of sp³-hybridized carbons (Fsp3) is 0.538. The van der Waals surface area contributed by atoms with Crippen LogP contribution in [0.15, 0.2) is 18.2 Å². The van der Waals surface area contributed by atoms with Crippen molar-refractivity contribution >= 4 is 11.6 Å². The Labute approximate surface area is 98.1 Å². The Morgan fingerprint density at radius 2 is 1.80 bits per heavy atom. The lowest BCUT2D eigenvalue weighted by Crippen LogP contribution is -2.23. The maximum atomic E-state index is 9.22. The molecule has 2 heteroatoms. The molecule has 0 unspecified atom stereocenters. The standard InChI is InChI=1S/C11H15ClO.C2H6/c1-8-4-5-9(12)6-10(8)11(2,3)7-13;1-2/h4-6,13H,7H2,1-3H3;1-2H3. The molecule has 1 N–H and O–H groups in total. The maximum absolute atomic E-state index is 9.22. The van der Waals surface area contributed by atoms with Gasteiger partial charge in [-0.15, -0.1) is 0 Å². The number of aryl methyl sites for hydroxylation is 1.